The number of hydrogen-bond donors (Lipinski definition) is 0. The maximum absolute atomic E-state index is 7.96. The fourth-order valence-electron chi connectivity index (χ4n) is 1.49. The molecule has 0 bridgehead atoms. The first kappa shape index (κ1) is 15.8. The van der Waals surface area contributed by atoms with Gasteiger partial charge < -0.3 is 0 Å². The van der Waals surface area contributed by atoms with Crippen LogP contribution in [-0.4, -0.2) is 6.26 Å². The van der Waals surface area contributed by atoms with Gasteiger partial charge in [0, 0.05) is 0 Å². The molecule has 0 aromatic heterocycles. The molecule has 0 spiro atoms. The van der Waals surface area contributed by atoms with Crippen LogP contribution in [0.2, 0.25) is 0 Å². The van der Waals surface area contributed by atoms with E-state index in [0.717, 1.165) is 5.57 Å². The summed E-state index contributed by atoms with van der Waals surface area (Å²) in [5.41, 5.74) is 3.43. The van der Waals surface area contributed by atoms with Gasteiger partial charge in [0.15, 0.2) is 0 Å². The summed E-state index contributed by atoms with van der Waals surface area (Å²) in [6.07, 6.45) is 1.82. The van der Waals surface area contributed by atoms with Gasteiger partial charge in [-0.2, -0.15) is 5.26 Å². The maximum atomic E-state index is 7.96. The van der Waals surface area contributed by atoms with E-state index in [1.807, 2.05) is 48.7 Å². The van der Waals surface area contributed by atoms with Crippen LogP contribution in [0.1, 0.15) is 11.1 Å². The second-order valence-corrected chi connectivity index (χ2v) is 4.85. The summed E-state index contributed by atoms with van der Waals surface area (Å²) < 4.78 is 0. The Bertz CT molecular complexity index is 553. The molecule has 0 saturated heterocycles. The van der Waals surface area contributed by atoms with E-state index in [4.69, 9.17) is 5.26 Å². The van der Waals surface area contributed by atoms with Crippen LogP contribution in [0.25, 0.3) is 5.57 Å². The van der Waals surface area contributed by atoms with Gasteiger partial charge in [-0.25, -0.2) is 0 Å². The van der Waals surface area contributed by atoms with Gasteiger partial charge in [0.2, 0.25) is 0 Å². The van der Waals surface area contributed by atoms with E-state index in [9.17, 15) is 0 Å². The van der Waals surface area contributed by atoms with Crippen LogP contribution >= 0.6 is 11.8 Å². The molecule has 0 radical (unpaired) electrons. The van der Waals surface area contributed by atoms with Crippen molar-refractivity contribution in [2.45, 2.75) is 0 Å². The SMILES string of the molecule is C=C(C#N)SC.C=C(c1ccccc1)c1ccccc1. The second-order valence-electron chi connectivity index (χ2n) is 3.95. The van der Waals surface area contributed by atoms with Crippen molar-refractivity contribution in [1.29, 1.82) is 5.26 Å². The van der Waals surface area contributed by atoms with Crippen LogP contribution < -0.4 is 0 Å². The van der Waals surface area contributed by atoms with Crippen LogP contribution in [0.3, 0.4) is 0 Å². The molecule has 0 unspecified atom stereocenters. The molecule has 0 N–H and O–H groups in total. The number of allylic oxidation sites excluding steroid dienone is 1. The number of nitrogens with zero attached hydrogens (tertiary/aromatic N) is 1. The third-order valence-electron chi connectivity index (χ3n) is 2.62. The van der Waals surface area contributed by atoms with E-state index < -0.39 is 0 Å². The number of thioether (sulfide) groups is 1. The zero-order valence-electron chi connectivity index (χ0n) is 11.5. The van der Waals surface area contributed by atoms with Gasteiger partial charge in [-0.05, 0) is 23.0 Å². The lowest BCUT2D eigenvalue weighted by Crippen LogP contribution is -1.84. The van der Waals surface area contributed by atoms with Crippen molar-refractivity contribution in [2.75, 3.05) is 6.26 Å². The maximum Gasteiger partial charge on any atom is 0.105 e. The highest BCUT2D eigenvalue weighted by atomic mass is 32.2. The Labute approximate surface area is 125 Å². The molecule has 0 aliphatic carbocycles. The quantitative estimate of drug-likeness (QED) is 0.727. The van der Waals surface area contributed by atoms with Gasteiger partial charge >= 0.3 is 0 Å². The van der Waals surface area contributed by atoms with Crippen molar-refractivity contribution in [3.63, 3.8) is 0 Å². The lowest BCUT2D eigenvalue weighted by atomic mass is 10.0. The number of benzene rings is 2. The molecule has 0 aliphatic heterocycles. The molecule has 0 amide bonds. The Morgan fingerprint density at radius 2 is 1.30 bits per heavy atom. The molecule has 2 aromatic carbocycles. The molecular formula is C18H17NS. The third kappa shape index (κ3) is 5.17. The Hall–Kier alpha value is -2.24. The number of nitriles is 1. The van der Waals surface area contributed by atoms with Gasteiger partial charge in [0.05, 0.1) is 4.91 Å². The normalized spacial score (nSPS) is 8.80. The first-order valence-corrected chi connectivity index (χ1v) is 7.34. The highest BCUT2D eigenvalue weighted by molar-refractivity contribution is 8.02. The smallest absolute Gasteiger partial charge is 0.105 e. The van der Waals surface area contributed by atoms with Crippen LogP contribution in [0, 0.1) is 11.3 Å². The van der Waals surface area contributed by atoms with Gasteiger partial charge in [-0.1, -0.05) is 73.8 Å². The van der Waals surface area contributed by atoms with E-state index in [-0.39, 0.29) is 0 Å². The molecule has 0 saturated carbocycles. The van der Waals surface area contributed by atoms with Crippen molar-refractivity contribution in [2.24, 2.45) is 0 Å². The van der Waals surface area contributed by atoms with E-state index in [0.29, 0.717) is 4.91 Å². The van der Waals surface area contributed by atoms with Gasteiger partial charge in [0.25, 0.3) is 0 Å². The molecule has 0 atom stereocenters. The largest absolute Gasteiger partial charge is 0.192 e. The van der Waals surface area contributed by atoms with Gasteiger partial charge in [-0.15, -0.1) is 11.8 Å². The monoisotopic (exact) mass is 279 g/mol. The summed E-state index contributed by atoms with van der Waals surface area (Å²) in [4.78, 5) is 0.565. The predicted molar refractivity (Wildman–Crippen MR) is 89.3 cm³/mol. The first-order chi connectivity index (χ1) is 9.69. The molecule has 0 fully saturated rings. The Balaban J connectivity index is 0.000000286. The number of hydrogen-bond acceptors (Lipinski definition) is 2. The molecule has 0 heterocycles. The van der Waals surface area contributed by atoms with E-state index in [1.54, 1.807) is 0 Å². The lowest BCUT2D eigenvalue weighted by Gasteiger charge is -2.04. The van der Waals surface area contributed by atoms with Crippen molar-refractivity contribution in [3.8, 4) is 6.07 Å². The molecule has 2 aromatic rings. The van der Waals surface area contributed by atoms with E-state index in [2.05, 4.69) is 37.4 Å². The van der Waals surface area contributed by atoms with Crippen LogP contribution in [0.5, 0.6) is 0 Å². The van der Waals surface area contributed by atoms with Crippen molar-refractivity contribution >= 4 is 17.3 Å². The molecule has 100 valence electrons. The second kappa shape index (κ2) is 8.79. The molecule has 20 heavy (non-hydrogen) atoms. The zero-order chi connectivity index (χ0) is 14.8. The molecule has 2 heteroatoms. The third-order valence-corrected chi connectivity index (χ3v) is 3.20. The van der Waals surface area contributed by atoms with Crippen LogP contribution in [0.15, 0.2) is 78.7 Å². The minimum absolute atomic E-state index is 0.565. The summed E-state index contributed by atoms with van der Waals surface area (Å²) in [5.74, 6) is 0. The fourth-order valence-corrected chi connectivity index (χ4v) is 1.58. The summed E-state index contributed by atoms with van der Waals surface area (Å²) in [6.45, 7) is 7.49. The highest BCUT2D eigenvalue weighted by Gasteiger charge is 1.99. The van der Waals surface area contributed by atoms with Gasteiger partial charge in [0.1, 0.15) is 6.07 Å². The summed E-state index contributed by atoms with van der Waals surface area (Å²) in [7, 11) is 0. The standard InChI is InChI=1S/C14H12.C4H5NS/c1-12(13-8-4-2-5-9-13)14-10-6-3-7-11-14;1-4(3-5)6-2/h2-11H,1H2;1H2,2H3. The fraction of sp³-hybridized carbons (Fsp3) is 0.0556. The Morgan fingerprint density at radius 1 is 0.900 bits per heavy atom. The zero-order valence-corrected chi connectivity index (χ0v) is 12.4. The minimum atomic E-state index is 0.565. The summed E-state index contributed by atoms with van der Waals surface area (Å²) in [5, 5.41) is 7.96. The Morgan fingerprint density at radius 3 is 1.55 bits per heavy atom. The summed E-state index contributed by atoms with van der Waals surface area (Å²) in [6, 6.07) is 22.4. The summed E-state index contributed by atoms with van der Waals surface area (Å²) >= 11 is 1.37. The van der Waals surface area contributed by atoms with Crippen LogP contribution in [-0.2, 0) is 0 Å². The van der Waals surface area contributed by atoms with Crippen molar-refractivity contribution < 1.29 is 0 Å². The minimum Gasteiger partial charge on any atom is -0.192 e. The topological polar surface area (TPSA) is 23.8 Å². The number of rotatable bonds is 3. The predicted octanol–water partition coefficient (Wildman–Crippen LogP) is 5.13. The molecule has 2 rings (SSSR count). The molecular weight excluding hydrogens is 262 g/mol. The lowest BCUT2D eigenvalue weighted by molar-refractivity contribution is 1.53. The van der Waals surface area contributed by atoms with E-state index in [1.165, 1.54) is 22.9 Å². The first-order valence-electron chi connectivity index (χ1n) is 6.11. The average molecular weight is 279 g/mol. The van der Waals surface area contributed by atoms with Crippen molar-refractivity contribution in [3.05, 3.63) is 89.9 Å². The molecule has 1 nitrogen and oxygen atoms in total. The average Bonchev–Trinajstić information content (AvgIpc) is 2.55. The Kier molecular flexibility index (Phi) is 6.95. The van der Waals surface area contributed by atoms with E-state index >= 15 is 0 Å². The molecule has 0 aliphatic rings. The van der Waals surface area contributed by atoms with Crippen molar-refractivity contribution in [1.82, 2.24) is 0 Å². The van der Waals surface area contributed by atoms with Gasteiger partial charge in [-0.3, -0.25) is 0 Å². The highest BCUT2D eigenvalue weighted by Crippen LogP contribution is 2.20. The van der Waals surface area contributed by atoms with Crippen LogP contribution in [0.4, 0.5) is 0 Å².